The molecule has 0 atom stereocenters. The molecule has 3 aromatic rings. The Morgan fingerprint density at radius 3 is 2.71 bits per heavy atom. The number of aromatic nitrogens is 5. The normalized spacial score (nSPS) is 13.7. The molecule has 178 valence electrons. The molecular weight excluding hydrogens is 485 g/mol. The quantitative estimate of drug-likeness (QED) is 0.390. The molecule has 2 aromatic heterocycles. The van der Waals surface area contributed by atoms with Gasteiger partial charge in [0, 0.05) is 18.5 Å². The van der Waals surface area contributed by atoms with Crippen molar-refractivity contribution in [1.29, 1.82) is 0 Å². The Bertz CT molecular complexity index is 1240. The number of carboxylic acid groups (broad SMARTS) is 1. The van der Waals surface area contributed by atoms with Crippen LogP contribution in [0.2, 0.25) is 0 Å². The van der Waals surface area contributed by atoms with Gasteiger partial charge in [-0.25, -0.2) is 18.9 Å². The van der Waals surface area contributed by atoms with Crippen molar-refractivity contribution in [1.82, 2.24) is 25.2 Å². The summed E-state index contributed by atoms with van der Waals surface area (Å²) in [6.45, 7) is 0. The molecule has 1 aromatic carbocycles. The highest BCUT2D eigenvalue weighted by atomic mass is 32.2. The number of hydrogen-bond acceptors (Lipinski definition) is 9. The topological polar surface area (TPSA) is 152 Å². The van der Waals surface area contributed by atoms with Crippen LogP contribution in [0.3, 0.4) is 0 Å². The third-order valence-electron chi connectivity index (χ3n) is 5.19. The van der Waals surface area contributed by atoms with Crippen molar-refractivity contribution in [3.05, 3.63) is 35.3 Å². The van der Waals surface area contributed by atoms with E-state index in [1.807, 2.05) is 0 Å². The van der Waals surface area contributed by atoms with Gasteiger partial charge in [-0.15, -0.1) is 5.10 Å². The number of carboxylic acids is 1. The number of carbonyl (C=O) groups excluding carboxylic acids is 2. The monoisotopic (exact) mass is 505 g/mol. The third kappa shape index (κ3) is 5.56. The van der Waals surface area contributed by atoms with Crippen molar-refractivity contribution >= 4 is 51.7 Å². The fourth-order valence-electron chi connectivity index (χ4n) is 3.60. The molecule has 0 saturated heterocycles. The van der Waals surface area contributed by atoms with E-state index in [2.05, 4.69) is 31.1 Å². The van der Waals surface area contributed by atoms with Crippen molar-refractivity contribution in [2.75, 3.05) is 10.6 Å². The van der Waals surface area contributed by atoms with Crippen molar-refractivity contribution in [2.45, 2.75) is 41.5 Å². The molecular formula is C20H20FN7O4S2. The van der Waals surface area contributed by atoms with Gasteiger partial charge < -0.3 is 10.4 Å². The first-order valence-electron chi connectivity index (χ1n) is 10.3. The molecule has 34 heavy (non-hydrogen) atoms. The zero-order valence-electron chi connectivity index (χ0n) is 17.9. The number of thiazole rings is 1. The van der Waals surface area contributed by atoms with Gasteiger partial charge in [-0.3, -0.25) is 14.9 Å². The van der Waals surface area contributed by atoms with E-state index in [0.717, 1.165) is 54.8 Å². The standard InChI is InChI=1S/C20H20FN7O4S2/c1-28-20(25-26-27-28)34-17-14(9-15(29)30)23-19(33-17)24-18(32)22-13-7-6-11(21)8-12(13)16(31)10-4-2-3-5-10/h6-8,10H,2-5,9H2,1H3,(H,29,30)(H2,22,23,24,32). The minimum absolute atomic E-state index is 0.124. The summed E-state index contributed by atoms with van der Waals surface area (Å²) in [4.78, 5) is 41.0. The van der Waals surface area contributed by atoms with Gasteiger partial charge >= 0.3 is 12.0 Å². The number of aryl methyl sites for hydroxylation is 1. The molecule has 2 heterocycles. The van der Waals surface area contributed by atoms with E-state index < -0.39 is 17.8 Å². The largest absolute Gasteiger partial charge is 0.481 e. The molecule has 2 amide bonds. The van der Waals surface area contributed by atoms with Gasteiger partial charge in [0.2, 0.25) is 5.16 Å². The number of carbonyl (C=O) groups is 3. The first-order chi connectivity index (χ1) is 16.3. The smallest absolute Gasteiger partial charge is 0.325 e. The van der Waals surface area contributed by atoms with E-state index in [1.165, 1.54) is 16.8 Å². The van der Waals surface area contributed by atoms with Gasteiger partial charge in [-0.05, 0) is 53.2 Å². The lowest BCUT2D eigenvalue weighted by Gasteiger charge is -2.14. The minimum atomic E-state index is -1.08. The van der Waals surface area contributed by atoms with Gasteiger partial charge in [-0.2, -0.15) is 0 Å². The molecule has 1 fully saturated rings. The lowest BCUT2D eigenvalue weighted by molar-refractivity contribution is -0.136. The molecule has 14 heteroatoms. The lowest BCUT2D eigenvalue weighted by Crippen LogP contribution is -2.22. The number of ketones is 1. The Morgan fingerprint density at radius 1 is 1.26 bits per heavy atom. The number of rotatable bonds is 8. The average Bonchev–Trinajstić information content (AvgIpc) is 3.52. The number of nitrogens with one attached hydrogen (secondary N) is 2. The maximum absolute atomic E-state index is 13.9. The van der Waals surface area contributed by atoms with Crippen molar-refractivity contribution in [3.8, 4) is 0 Å². The van der Waals surface area contributed by atoms with Crippen LogP contribution in [0.5, 0.6) is 0 Å². The van der Waals surface area contributed by atoms with Gasteiger partial charge in [0.15, 0.2) is 10.9 Å². The van der Waals surface area contributed by atoms with Crippen molar-refractivity contribution < 1.29 is 23.9 Å². The summed E-state index contributed by atoms with van der Waals surface area (Å²) in [7, 11) is 1.64. The first kappa shape index (κ1) is 23.8. The fourth-order valence-corrected chi connectivity index (χ4v) is 5.59. The van der Waals surface area contributed by atoms with E-state index in [9.17, 15) is 23.9 Å². The van der Waals surface area contributed by atoms with Crippen LogP contribution in [0, 0.1) is 11.7 Å². The third-order valence-corrected chi connectivity index (χ3v) is 7.44. The van der Waals surface area contributed by atoms with Crippen LogP contribution >= 0.6 is 23.1 Å². The molecule has 0 spiro atoms. The van der Waals surface area contributed by atoms with E-state index in [1.54, 1.807) is 7.05 Å². The summed E-state index contributed by atoms with van der Waals surface area (Å²) in [5, 5.41) is 26.0. The van der Waals surface area contributed by atoms with Crippen LogP contribution < -0.4 is 10.6 Å². The Morgan fingerprint density at radius 2 is 2.03 bits per heavy atom. The minimum Gasteiger partial charge on any atom is -0.481 e. The fraction of sp³-hybridized carbons (Fsp3) is 0.350. The maximum atomic E-state index is 13.9. The van der Waals surface area contributed by atoms with Crippen LogP contribution in [0.15, 0.2) is 27.6 Å². The predicted octanol–water partition coefficient (Wildman–Crippen LogP) is 3.60. The van der Waals surface area contributed by atoms with Crippen molar-refractivity contribution in [3.63, 3.8) is 0 Å². The Labute approximate surface area is 201 Å². The molecule has 0 unspecified atom stereocenters. The molecule has 1 saturated carbocycles. The first-order valence-corrected chi connectivity index (χ1v) is 12.0. The molecule has 3 N–H and O–H groups in total. The number of anilines is 2. The van der Waals surface area contributed by atoms with Gasteiger partial charge in [0.25, 0.3) is 0 Å². The van der Waals surface area contributed by atoms with Crippen LogP contribution in [0.25, 0.3) is 0 Å². The summed E-state index contributed by atoms with van der Waals surface area (Å²) >= 11 is 2.19. The number of Topliss-reactive ketones (excluding diaryl/α,β-unsaturated/α-hetero) is 1. The van der Waals surface area contributed by atoms with Gasteiger partial charge in [0.1, 0.15) is 5.82 Å². The lowest BCUT2D eigenvalue weighted by atomic mass is 9.95. The van der Waals surface area contributed by atoms with Crippen LogP contribution in [0.4, 0.5) is 20.0 Å². The summed E-state index contributed by atoms with van der Waals surface area (Å²) in [6.07, 6.45) is 3.03. The highest BCUT2D eigenvalue weighted by Crippen LogP contribution is 2.36. The Kier molecular flexibility index (Phi) is 7.17. The van der Waals surface area contributed by atoms with Gasteiger partial charge in [0.05, 0.1) is 22.0 Å². The molecule has 1 aliphatic carbocycles. The predicted molar refractivity (Wildman–Crippen MR) is 122 cm³/mol. The zero-order valence-corrected chi connectivity index (χ0v) is 19.6. The summed E-state index contributed by atoms with van der Waals surface area (Å²) in [5.41, 5.74) is 0.566. The molecule has 0 radical (unpaired) electrons. The van der Waals surface area contributed by atoms with E-state index in [-0.39, 0.29) is 40.2 Å². The molecule has 4 rings (SSSR count). The molecule has 1 aliphatic rings. The molecule has 11 nitrogen and oxygen atoms in total. The highest BCUT2D eigenvalue weighted by molar-refractivity contribution is 8.01. The number of benzene rings is 1. The Balaban J connectivity index is 1.51. The number of nitrogens with zero attached hydrogens (tertiary/aromatic N) is 5. The van der Waals surface area contributed by atoms with E-state index in [0.29, 0.717) is 9.37 Å². The van der Waals surface area contributed by atoms with Crippen LogP contribution in [0.1, 0.15) is 41.7 Å². The van der Waals surface area contributed by atoms with Gasteiger partial charge in [-0.1, -0.05) is 24.2 Å². The zero-order chi connectivity index (χ0) is 24.2. The number of aliphatic carboxylic acids is 1. The average molecular weight is 506 g/mol. The van der Waals surface area contributed by atoms with E-state index >= 15 is 0 Å². The van der Waals surface area contributed by atoms with Crippen LogP contribution in [-0.4, -0.2) is 48.1 Å². The molecule has 0 aliphatic heterocycles. The maximum Gasteiger partial charge on any atom is 0.325 e. The SMILES string of the molecule is Cn1nnnc1Sc1sc(NC(=O)Nc2ccc(F)cc2C(=O)C2CCCC2)nc1CC(=O)O. The number of tetrazole rings is 1. The highest BCUT2D eigenvalue weighted by Gasteiger charge is 2.27. The number of urea groups is 1. The molecule has 0 bridgehead atoms. The Hall–Kier alpha value is -3.39. The summed E-state index contributed by atoms with van der Waals surface area (Å²) in [6, 6.07) is 2.95. The second-order valence-corrected chi connectivity index (χ2v) is 9.86. The number of amides is 2. The van der Waals surface area contributed by atoms with E-state index in [4.69, 9.17) is 0 Å². The van der Waals surface area contributed by atoms with Crippen molar-refractivity contribution in [2.24, 2.45) is 13.0 Å². The summed E-state index contributed by atoms with van der Waals surface area (Å²) < 4.78 is 15.8. The second-order valence-electron chi connectivity index (χ2n) is 7.63. The second kappa shape index (κ2) is 10.3. The number of halogens is 1. The number of hydrogen-bond donors (Lipinski definition) is 3. The van der Waals surface area contributed by atoms with Crippen LogP contribution in [-0.2, 0) is 18.3 Å². The summed E-state index contributed by atoms with van der Waals surface area (Å²) in [5.74, 6) is -2.02.